The maximum Gasteiger partial charge on any atom is 0.256 e. The number of hydrogen-bond donors (Lipinski definition) is 1. The minimum Gasteiger partial charge on any atom is -0.339 e. The van der Waals surface area contributed by atoms with Crippen molar-refractivity contribution in [2.75, 3.05) is 19.6 Å². The highest BCUT2D eigenvalue weighted by atomic mass is 19.1. The second kappa shape index (κ2) is 7.01. The smallest absolute Gasteiger partial charge is 0.256 e. The molecule has 0 saturated heterocycles. The summed E-state index contributed by atoms with van der Waals surface area (Å²) in [4.78, 5) is 13.8. The van der Waals surface area contributed by atoms with E-state index in [9.17, 15) is 9.18 Å². The first-order valence-electron chi connectivity index (χ1n) is 5.94. The van der Waals surface area contributed by atoms with Gasteiger partial charge in [0.2, 0.25) is 0 Å². The lowest BCUT2D eigenvalue weighted by atomic mass is 10.1. The Morgan fingerprint density at radius 1 is 1.35 bits per heavy atom. The predicted octanol–water partition coefficient (Wildman–Crippen LogP) is 2.03. The topological polar surface area (TPSA) is 46.3 Å². The highest BCUT2D eigenvalue weighted by Crippen LogP contribution is 2.10. The van der Waals surface area contributed by atoms with Crippen LogP contribution in [-0.4, -0.2) is 30.4 Å². The van der Waals surface area contributed by atoms with Gasteiger partial charge in [0.25, 0.3) is 5.91 Å². The third kappa shape index (κ3) is 3.82. The van der Waals surface area contributed by atoms with E-state index >= 15 is 0 Å². The molecule has 0 saturated carbocycles. The Hall–Kier alpha value is -1.42. The average molecular weight is 238 g/mol. The SMILES string of the molecule is CCCN(CCCN)C(=O)c1ccccc1F. The van der Waals surface area contributed by atoms with Gasteiger partial charge in [0, 0.05) is 13.1 Å². The molecule has 0 unspecified atom stereocenters. The van der Waals surface area contributed by atoms with Gasteiger partial charge >= 0.3 is 0 Å². The zero-order chi connectivity index (χ0) is 12.7. The van der Waals surface area contributed by atoms with Crippen LogP contribution in [0, 0.1) is 5.82 Å². The monoisotopic (exact) mass is 238 g/mol. The van der Waals surface area contributed by atoms with E-state index in [0.29, 0.717) is 19.6 Å². The van der Waals surface area contributed by atoms with E-state index < -0.39 is 5.82 Å². The number of nitrogens with zero attached hydrogens (tertiary/aromatic N) is 1. The highest BCUT2D eigenvalue weighted by Gasteiger charge is 2.17. The third-order valence-electron chi connectivity index (χ3n) is 2.52. The Bertz CT molecular complexity index is 368. The number of carbonyl (C=O) groups excluding carboxylic acids is 1. The molecule has 1 rings (SSSR count). The maximum absolute atomic E-state index is 13.5. The van der Waals surface area contributed by atoms with Crippen molar-refractivity contribution >= 4 is 5.91 Å². The largest absolute Gasteiger partial charge is 0.339 e. The van der Waals surface area contributed by atoms with E-state index in [1.165, 1.54) is 12.1 Å². The van der Waals surface area contributed by atoms with Crippen molar-refractivity contribution in [3.05, 3.63) is 35.6 Å². The zero-order valence-corrected chi connectivity index (χ0v) is 10.2. The number of amides is 1. The summed E-state index contributed by atoms with van der Waals surface area (Å²) in [5.41, 5.74) is 5.57. The van der Waals surface area contributed by atoms with Crippen molar-refractivity contribution in [1.29, 1.82) is 0 Å². The molecular weight excluding hydrogens is 219 g/mol. The van der Waals surface area contributed by atoms with Gasteiger partial charge in [-0.3, -0.25) is 4.79 Å². The Balaban J connectivity index is 2.80. The number of rotatable bonds is 6. The molecule has 0 spiro atoms. The summed E-state index contributed by atoms with van der Waals surface area (Å²) in [6, 6.07) is 6.07. The molecule has 3 nitrogen and oxygen atoms in total. The van der Waals surface area contributed by atoms with Crippen molar-refractivity contribution < 1.29 is 9.18 Å². The normalized spacial score (nSPS) is 10.3. The van der Waals surface area contributed by atoms with Gasteiger partial charge in [-0.2, -0.15) is 0 Å². The van der Waals surface area contributed by atoms with E-state index in [4.69, 9.17) is 5.73 Å². The maximum atomic E-state index is 13.5. The van der Waals surface area contributed by atoms with Crippen molar-refractivity contribution in [3.8, 4) is 0 Å². The van der Waals surface area contributed by atoms with Crippen LogP contribution < -0.4 is 5.73 Å². The van der Waals surface area contributed by atoms with Crippen LogP contribution in [0.25, 0.3) is 0 Å². The van der Waals surface area contributed by atoms with E-state index in [0.717, 1.165) is 12.8 Å². The molecule has 0 aromatic heterocycles. The van der Waals surface area contributed by atoms with Gasteiger partial charge in [-0.1, -0.05) is 19.1 Å². The van der Waals surface area contributed by atoms with Gasteiger partial charge in [-0.15, -0.1) is 0 Å². The Morgan fingerprint density at radius 3 is 2.65 bits per heavy atom. The molecule has 94 valence electrons. The number of benzene rings is 1. The minimum absolute atomic E-state index is 0.137. The van der Waals surface area contributed by atoms with Gasteiger partial charge < -0.3 is 10.6 Å². The quantitative estimate of drug-likeness (QED) is 0.824. The molecule has 0 bridgehead atoms. The van der Waals surface area contributed by atoms with Crippen molar-refractivity contribution in [1.82, 2.24) is 4.90 Å². The molecule has 2 N–H and O–H groups in total. The fourth-order valence-electron chi connectivity index (χ4n) is 1.67. The first-order chi connectivity index (χ1) is 8.20. The molecule has 4 heteroatoms. The van der Waals surface area contributed by atoms with Gasteiger partial charge in [-0.05, 0) is 31.5 Å². The molecule has 1 amide bonds. The first-order valence-corrected chi connectivity index (χ1v) is 5.94. The van der Waals surface area contributed by atoms with Gasteiger partial charge in [0.1, 0.15) is 5.82 Å². The number of carbonyl (C=O) groups is 1. The van der Waals surface area contributed by atoms with Crippen LogP contribution >= 0.6 is 0 Å². The average Bonchev–Trinajstić information content (AvgIpc) is 2.34. The second-order valence-electron chi connectivity index (χ2n) is 3.91. The van der Waals surface area contributed by atoms with Crippen molar-refractivity contribution in [3.63, 3.8) is 0 Å². The zero-order valence-electron chi connectivity index (χ0n) is 10.2. The van der Waals surface area contributed by atoms with Gasteiger partial charge in [0.15, 0.2) is 0 Å². The Morgan fingerprint density at radius 2 is 2.06 bits per heavy atom. The second-order valence-corrected chi connectivity index (χ2v) is 3.91. The summed E-state index contributed by atoms with van der Waals surface area (Å²) in [6.07, 6.45) is 1.59. The lowest BCUT2D eigenvalue weighted by Crippen LogP contribution is -2.34. The molecule has 1 aromatic carbocycles. The Labute approximate surface area is 101 Å². The lowest BCUT2D eigenvalue weighted by molar-refractivity contribution is 0.0750. The molecule has 17 heavy (non-hydrogen) atoms. The fraction of sp³-hybridized carbons (Fsp3) is 0.462. The number of nitrogens with two attached hydrogens (primary N) is 1. The minimum atomic E-state index is -0.466. The summed E-state index contributed by atoms with van der Waals surface area (Å²) in [5.74, 6) is -0.718. The van der Waals surface area contributed by atoms with Crippen molar-refractivity contribution in [2.24, 2.45) is 5.73 Å². The lowest BCUT2D eigenvalue weighted by Gasteiger charge is -2.22. The number of hydrogen-bond acceptors (Lipinski definition) is 2. The molecule has 1 aromatic rings. The first kappa shape index (κ1) is 13.6. The van der Waals surface area contributed by atoms with E-state index in [1.54, 1.807) is 17.0 Å². The molecule has 0 radical (unpaired) electrons. The highest BCUT2D eigenvalue weighted by molar-refractivity contribution is 5.94. The fourth-order valence-corrected chi connectivity index (χ4v) is 1.67. The molecule has 0 atom stereocenters. The van der Waals surface area contributed by atoms with Crippen LogP contribution in [0.5, 0.6) is 0 Å². The van der Waals surface area contributed by atoms with E-state index in [1.807, 2.05) is 6.92 Å². The molecular formula is C13H19FN2O. The Kier molecular flexibility index (Phi) is 5.63. The van der Waals surface area contributed by atoms with Crippen LogP contribution in [0.1, 0.15) is 30.1 Å². The predicted molar refractivity (Wildman–Crippen MR) is 66.3 cm³/mol. The summed E-state index contributed by atoms with van der Waals surface area (Å²) in [6.45, 7) is 3.74. The third-order valence-corrected chi connectivity index (χ3v) is 2.52. The summed E-state index contributed by atoms with van der Waals surface area (Å²) >= 11 is 0. The van der Waals surface area contributed by atoms with Crippen LogP contribution in [0.2, 0.25) is 0 Å². The van der Waals surface area contributed by atoms with Gasteiger partial charge in [-0.25, -0.2) is 4.39 Å². The van der Waals surface area contributed by atoms with Crippen molar-refractivity contribution in [2.45, 2.75) is 19.8 Å². The van der Waals surface area contributed by atoms with Gasteiger partial charge in [0.05, 0.1) is 5.56 Å². The summed E-state index contributed by atoms with van der Waals surface area (Å²) < 4.78 is 13.5. The van der Waals surface area contributed by atoms with Crippen LogP contribution in [0.15, 0.2) is 24.3 Å². The molecule has 0 aliphatic rings. The van der Waals surface area contributed by atoms with Crippen LogP contribution in [0.3, 0.4) is 0 Å². The summed E-state index contributed by atoms with van der Waals surface area (Å²) in [5, 5.41) is 0. The molecule has 0 fully saturated rings. The van der Waals surface area contributed by atoms with Crippen LogP contribution in [-0.2, 0) is 0 Å². The standard InChI is InChI=1S/C13H19FN2O/c1-2-9-16(10-5-8-15)13(17)11-6-3-4-7-12(11)14/h3-4,6-7H,2,5,8-10,15H2,1H3. The van der Waals surface area contributed by atoms with Crippen LogP contribution in [0.4, 0.5) is 4.39 Å². The molecule has 0 aliphatic carbocycles. The molecule has 0 aliphatic heterocycles. The van der Waals surface area contributed by atoms with E-state index in [2.05, 4.69) is 0 Å². The number of halogens is 1. The van der Waals surface area contributed by atoms with E-state index in [-0.39, 0.29) is 11.5 Å². The molecule has 0 heterocycles. The summed E-state index contributed by atoms with van der Waals surface area (Å²) in [7, 11) is 0.